The molecule has 0 unspecified atom stereocenters. The van der Waals surface area contributed by atoms with Crippen molar-refractivity contribution in [1.82, 2.24) is 4.98 Å². The van der Waals surface area contributed by atoms with Gasteiger partial charge in [-0.3, -0.25) is 4.98 Å². The van der Waals surface area contributed by atoms with Gasteiger partial charge in [0.15, 0.2) is 0 Å². The minimum atomic E-state index is 1.06. The quantitative estimate of drug-likeness (QED) is 0.500. The molecule has 0 saturated heterocycles. The average Bonchev–Trinajstić information content (AvgIpc) is 2.41. The zero-order chi connectivity index (χ0) is 12.6. The summed E-state index contributed by atoms with van der Waals surface area (Å²) in [6.45, 7) is 2.26. The van der Waals surface area contributed by atoms with Gasteiger partial charge in [-0.2, -0.15) is 12.6 Å². The lowest BCUT2D eigenvalue weighted by Crippen LogP contribution is -1.80. The topological polar surface area (TPSA) is 12.9 Å². The van der Waals surface area contributed by atoms with Crippen LogP contribution in [0.1, 0.15) is 58.3 Å². The second-order valence-electron chi connectivity index (χ2n) is 4.22. The molecule has 2 heteroatoms. The van der Waals surface area contributed by atoms with E-state index in [9.17, 15) is 0 Å². The van der Waals surface area contributed by atoms with Crippen LogP contribution in [-0.4, -0.2) is 10.7 Å². The molecule has 0 atom stereocenters. The summed E-state index contributed by atoms with van der Waals surface area (Å²) in [7, 11) is 0. The van der Waals surface area contributed by atoms with Gasteiger partial charge in [-0.25, -0.2) is 0 Å². The lowest BCUT2D eigenvalue weighted by molar-refractivity contribution is 0.586. The van der Waals surface area contributed by atoms with Crippen LogP contribution in [0.2, 0.25) is 0 Å². The predicted octanol–water partition coefficient (Wildman–Crippen LogP) is 5.14. The molecule has 1 rings (SSSR count). The summed E-state index contributed by atoms with van der Waals surface area (Å²) >= 11 is 4.18. The Morgan fingerprint density at radius 3 is 1.65 bits per heavy atom. The van der Waals surface area contributed by atoms with Crippen molar-refractivity contribution in [2.45, 2.75) is 58.3 Å². The standard InChI is InChI=1S/C10H22S.C5H5N/c1-2-3-4-5-6-7-8-9-10-11;1-2-4-6-5-3-1/h11H,2-10H2,1H3;1-5H. The van der Waals surface area contributed by atoms with E-state index in [-0.39, 0.29) is 0 Å². The fourth-order valence-electron chi connectivity index (χ4n) is 1.56. The molecule has 17 heavy (non-hydrogen) atoms. The van der Waals surface area contributed by atoms with Crippen molar-refractivity contribution in [1.29, 1.82) is 0 Å². The second kappa shape index (κ2) is 15.5. The molecule has 1 heterocycles. The van der Waals surface area contributed by atoms with Crippen molar-refractivity contribution >= 4 is 12.6 Å². The van der Waals surface area contributed by atoms with Crippen LogP contribution in [0.4, 0.5) is 0 Å². The normalized spacial score (nSPS) is 9.53. The van der Waals surface area contributed by atoms with E-state index in [0.29, 0.717) is 0 Å². The summed E-state index contributed by atoms with van der Waals surface area (Å²) in [5, 5.41) is 0. The molecule has 0 aromatic carbocycles. The number of thiol groups is 1. The highest BCUT2D eigenvalue weighted by Gasteiger charge is 1.89. The van der Waals surface area contributed by atoms with Crippen molar-refractivity contribution in [3.63, 3.8) is 0 Å². The number of hydrogen-bond acceptors (Lipinski definition) is 2. The first kappa shape index (κ1) is 16.5. The van der Waals surface area contributed by atoms with Crippen molar-refractivity contribution in [3.05, 3.63) is 30.6 Å². The van der Waals surface area contributed by atoms with Gasteiger partial charge < -0.3 is 0 Å². The van der Waals surface area contributed by atoms with Gasteiger partial charge in [0.05, 0.1) is 0 Å². The van der Waals surface area contributed by atoms with Crippen LogP contribution in [0.15, 0.2) is 30.6 Å². The third-order valence-electron chi connectivity index (χ3n) is 2.58. The van der Waals surface area contributed by atoms with Crippen LogP contribution in [0.25, 0.3) is 0 Å². The lowest BCUT2D eigenvalue weighted by Gasteiger charge is -1.98. The van der Waals surface area contributed by atoms with Crippen molar-refractivity contribution in [2.24, 2.45) is 0 Å². The third kappa shape index (κ3) is 15.5. The molecule has 0 N–H and O–H groups in total. The fourth-order valence-corrected chi connectivity index (χ4v) is 1.78. The van der Waals surface area contributed by atoms with Gasteiger partial charge in [-0.15, -0.1) is 0 Å². The van der Waals surface area contributed by atoms with E-state index in [2.05, 4.69) is 24.5 Å². The van der Waals surface area contributed by atoms with Gasteiger partial charge in [0.1, 0.15) is 0 Å². The summed E-state index contributed by atoms with van der Waals surface area (Å²) in [4.78, 5) is 3.78. The number of aromatic nitrogens is 1. The molecule has 0 aliphatic rings. The highest BCUT2D eigenvalue weighted by Crippen LogP contribution is 2.08. The number of hydrogen-bond donors (Lipinski definition) is 1. The van der Waals surface area contributed by atoms with E-state index in [1.54, 1.807) is 12.4 Å². The molecule has 0 spiro atoms. The van der Waals surface area contributed by atoms with Crippen molar-refractivity contribution < 1.29 is 0 Å². The third-order valence-corrected chi connectivity index (χ3v) is 2.89. The average molecular weight is 253 g/mol. The Balaban J connectivity index is 0.000000354. The van der Waals surface area contributed by atoms with Crippen LogP contribution in [0, 0.1) is 0 Å². The molecule has 0 aliphatic heterocycles. The second-order valence-corrected chi connectivity index (χ2v) is 4.67. The molecule has 1 aromatic rings. The largest absolute Gasteiger partial charge is 0.265 e. The Bertz CT molecular complexity index is 179. The highest BCUT2D eigenvalue weighted by atomic mass is 32.1. The zero-order valence-corrected chi connectivity index (χ0v) is 12.0. The van der Waals surface area contributed by atoms with Gasteiger partial charge in [0, 0.05) is 12.4 Å². The van der Waals surface area contributed by atoms with Gasteiger partial charge >= 0.3 is 0 Å². The minimum absolute atomic E-state index is 1.06. The van der Waals surface area contributed by atoms with E-state index in [4.69, 9.17) is 0 Å². The molecule has 0 aliphatic carbocycles. The molecule has 0 saturated carbocycles. The van der Waals surface area contributed by atoms with Crippen LogP contribution in [-0.2, 0) is 0 Å². The Labute approximate surface area is 112 Å². The SMILES string of the molecule is CCCCCCCCCCS.c1ccncc1. The fraction of sp³-hybridized carbons (Fsp3) is 0.667. The Hall–Kier alpha value is -0.500. The first-order chi connectivity index (χ1) is 8.41. The number of nitrogens with zero attached hydrogens (tertiary/aromatic N) is 1. The van der Waals surface area contributed by atoms with E-state index in [0.717, 1.165) is 5.75 Å². The number of unbranched alkanes of at least 4 members (excludes halogenated alkanes) is 7. The van der Waals surface area contributed by atoms with E-state index < -0.39 is 0 Å². The summed E-state index contributed by atoms with van der Waals surface area (Å²) in [5.74, 6) is 1.06. The first-order valence-corrected chi connectivity index (χ1v) is 7.51. The van der Waals surface area contributed by atoms with Crippen molar-refractivity contribution in [2.75, 3.05) is 5.75 Å². The molecule has 1 nitrogen and oxygen atoms in total. The molecular formula is C15H27NS. The maximum absolute atomic E-state index is 4.18. The highest BCUT2D eigenvalue weighted by molar-refractivity contribution is 7.80. The van der Waals surface area contributed by atoms with E-state index >= 15 is 0 Å². The molecule has 0 fully saturated rings. The first-order valence-electron chi connectivity index (χ1n) is 6.87. The number of rotatable bonds is 8. The van der Waals surface area contributed by atoms with Gasteiger partial charge in [-0.05, 0) is 24.3 Å². The van der Waals surface area contributed by atoms with Gasteiger partial charge in [-0.1, -0.05) is 57.9 Å². The zero-order valence-electron chi connectivity index (χ0n) is 11.1. The Morgan fingerprint density at radius 2 is 1.29 bits per heavy atom. The molecule has 0 radical (unpaired) electrons. The van der Waals surface area contributed by atoms with Crippen LogP contribution in [0.3, 0.4) is 0 Å². The summed E-state index contributed by atoms with van der Waals surface area (Å²) in [5.41, 5.74) is 0. The predicted molar refractivity (Wildman–Crippen MR) is 80.7 cm³/mol. The molecule has 98 valence electrons. The summed E-state index contributed by atoms with van der Waals surface area (Å²) in [6.07, 6.45) is 14.7. The molecule has 1 aromatic heterocycles. The molecule has 0 amide bonds. The van der Waals surface area contributed by atoms with Gasteiger partial charge in [0.25, 0.3) is 0 Å². The van der Waals surface area contributed by atoms with Crippen molar-refractivity contribution in [3.8, 4) is 0 Å². The summed E-state index contributed by atoms with van der Waals surface area (Å²) < 4.78 is 0. The van der Waals surface area contributed by atoms with Crippen LogP contribution >= 0.6 is 12.6 Å². The molecular weight excluding hydrogens is 226 g/mol. The molecule has 0 bridgehead atoms. The smallest absolute Gasteiger partial charge is 0.0267 e. The maximum atomic E-state index is 4.18. The number of pyridine rings is 1. The lowest BCUT2D eigenvalue weighted by atomic mass is 10.1. The van der Waals surface area contributed by atoms with E-state index in [1.807, 2.05) is 18.2 Å². The van der Waals surface area contributed by atoms with Crippen LogP contribution < -0.4 is 0 Å². The Morgan fingerprint density at radius 1 is 0.765 bits per heavy atom. The maximum Gasteiger partial charge on any atom is 0.0267 e. The van der Waals surface area contributed by atoms with Crippen LogP contribution in [0.5, 0.6) is 0 Å². The summed E-state index contributed by atoms with van der Waals surface area (Å²) in [6, 6.07) is 5.72. The monoisotopic (exact) mass is 253 g/mol. The Kier molecular flexibility index (Phi) is 15.0. The van der Waals surface area contributed by atoms with Gasteiger partial charge in [0.2, 0.25) is 0 Å². The minimum Gasteiger partial charge on any atom is -0.265 e. The van der Waals surface area contributed by atoms with E-state index in [1.165, 1.54) is 51.4 Å².